The van der Waals surface area contributed by atoms with Crippen LogP contribution in [-0.4, -0.2) is 44.3 Å². The number of carbonyl (C=O) groups excluding carboxylic acids is 2. The van der Waals surface area contributed by atoms with Crippen molar-refractivity contribution in [3.63, 3.8) is 0 Å². The van der Waals surface area contributed by atoms with E-state index >= 15 is 0 Å². The first-order valence-corrected chi connectivity index (χ1v) is 15.3. The fraction of sp³-hybridized carbons (Fsp3) is 0.375. The molecule has 0 spiro atoms. The lowest BCUT2D eigenvalue weighted by Crippen LogP contribution is -2.51. The quantitative estimate of drug-likeness (QED) is 0.273. The average molecular weight is 564 g/mol. The van der Waals surface area contributed by atoms with Gasteiger partial charge in [-0.2, -0.15) is 0 Å². The summed E-state index contributed by atoms with van der Waals surface area (Å²) in [5.74, 6) is -0.463. The summed E-state index contributed by atoms with van der Waals surface area (Å²) >= 11 is 0. The van der Waals surface area contributed by atoms with E-state index in [2.05, 4.69) is 19.2 Å². The summed E-state index contributed by atoms with van der Waals surface area (Å²) in [7, 11) is -4.08. The molecule has 0 saturated heterocycles. The summed E-state index contributed by atoms with van der Waals surface area (Å²) in [6.07, 6.45) is 1.77. The largest absolute Gasteiger partial charge is 0.354 e. The van der Waals surface area contributed by atoms with Gasteiger partial charge < -0.3 is 10.2 Å². The van der Waals surface area contributed by atoms with Gasteiger partial charge in [0.2, 0.25) is 11.8 Å². The predicted molar refractivity (Wildman–Crippen MR) is 161 cm³/mol. The molecule has 3 rings (SSSR count). The van der Waals surface area contributed by atoms with Crippen molar-refractivity contribution < 1.29 is 18.0 Å². The minimum Gasteiger partial charge on any atom is -0.354 e. The molecule has 0 aliphatic rings. The van der Waals surface area contributed by atoms with Crippen LogP contribution in [0.2, 0.25) is 0 Å². The lowest BCUT2D eigenvalue weighted by atomic mass is 10.0. The van der Waals surface area contributed by atoms with E-state index in [1.807, 2.05) is 50.2 Å². The van der Waals surface area contributed by atoms with E-state index in [4.69, 9.17) is 0 Å². The molecule has 0 radical (unpaired) electrons. The van der Waals surface area contributed by atoms with Crippen molar-refractivity contribution in [1.29, 1.82) is 0 Å². The summed E-state index contributed by atoms with van der Waals surface area (Å²) < 4.78 is 28.9. The lowest BCUT2D eigenvalue weighted by Gasteiger charge is -2.32. The van der Waals surface area contributed by atoms with Gasteiger partial charge in [0.15, 0.2) is 0 Å². The highest BCUT2D eigenvalue weighted by molar-refractivity contribution is 7.92. The minimum atomic E-state index is -4.08. The number of amides is 2. The molecule has 3 aromatic rings. The van der Waals surface area contributed by atoms with Crippen LogP contribution < -0.4 is 9.62 Å². The summed E-state index contributed by atoms with van der Waals surface area (Å²) in [5.41, 5.74) is 3.32. The lowest BCUT2D eigenvalue weighted by molar-refractivity contribution is -0.139. The van der Waals surface area contributed by atoms with Crippen molar-refractivity contribution in [2.45, 2.75) is 70.9 Å². The van der Waals surface area contributed by atoms with E-state index in [9.17, 15) is 18.0 Å². The fourth-order valence-electron chi connectivity index (χ4n) is 4.36. The van der Waals surface area contributed by atoms with Gasteiger partial charge in [-0.15, -0.1) is 0 Å². The SMILES string of the molecule is CCCCNC(=O)C(C)N(Cc1ccccc1C)C(=O)CN(c1ccc(C(C)C)cc1)S(=O)(=O)c1ccccc1. The molecule has 40 heavy (non-hydrogen) atoms. The summed E-state index contributed by atoms with van der Waals surface area (Å²) in [4.78, 5) is 28.7. The maximum absolute atomic E-state index is 14.0. The van der Waals surface area contributed by atoms with Gasteiger partial charge in [-0.05, 0) is 67.1 Å². The first kappa shape index (κ1) is 30.9. The average Bonchev–Trinajstić information content (AvgIpc) is 2.95. The van der Waals surface area contributed by atoms with Crippen LogP contribution >= 0.6 is 0 Å². The molecule has 2 amide bonds. The Balaban J connectivity index is 2.01. The van der Waals surface area contributed by atoms with Crippen LogP contribution in [0.5, 0.6) is 0 Å². The maximum atomic E-state index is 14.0. The molecule has 8 heteroatoms. The molecule has 0 aliphatic carbocycles. The second kappa shape index (κ2) is 14.1. The van der Waals surface area contributed by atoms with Gasteiger partial charge >= 0.3 is 0 Å². The molecule has 0 saturated carbocycles. The number of unbranched alkanes of at least 4 members (excludes halogenated alkanes) is 1. The maximum Gasteiger partial charge on any atom is 0.264 e. The zero-order valence-electron chi connectivity index (χ0n) is 24.1. The van der Waals surface area contributed by atoms with Crippen LogP contribution in [-0.2, 0) is 26.2 Å². The number of hydrogen-bond donors (Lipinski definition) is 1. The number of carbonyl (C=O) groups is 2. The van der Waals surface area contributed by atoms with Gasteiger partial charge in [0.1, 0.15) is 12.6 Å². The van der Waals surface area contributed by atoms with Gasteiger partial charge in [0.05, 0.1) is 10.6 Å². The highest BCUT2D eigenvalue weighted by atomic mass is 32.2. The third kappa shape index (κ3) is 7.72. The smallest absolute Gasteiger partial charge is 0.264 e. The van der Waals surface area contributed by atoms with Crippen LogP contribution in [0.15, 0.2) is 83.8 Å². The van der Waals surface area contributed by atoms with Crippen molar-refractivity contribution in [3.8, 4) is 0 Å². The van der Waals surface area contributed by atoms with Gasteiger partial charge in [-0.3, -0.25) is 13.9 Å². The number of nitrogens with one attached hydrogen (secondary N) is 1. The zero-order chi connectivity index (χ0) is 29.3. The molecule has 0 aromatic heterocycles. The monoisotopic (exact) mass is 563 g/mol. The molecule has 1 unspecified atom stereocenters. The number of benzene rings is 3. The van der Waals surface area contributed by atoms with Gasteiger partial charge in [-0.25, -0.2) is 8.42 Å². The Morgan fingerprint density at radius 3 is 2.10 bits per heavy atom. The molecular weight excluding hydrogens is 522 g/mol. The second-order valence-corrected chi connectivity index (χ2v) is 12.2. The molecule has 3 aromatic carbocycles. The van der Waals surface area contributed by atoms with E-state index in [0.717, 1.165) is 33.8 Å². The van der Waals surface area contributed by atoms with E-state index in [1.165, 1.54) is 17.0 Å². The highest BCUT2D eigenvalue weighted by Crippen LogP contribution is 2.26. The van der Waals surface area contributed by atoms with E-state index < -0.39 is 28.5 Å². The van der Waals surface area contributed by atoms with Crippen molar-refractivity contribution >= 4 is 27.5 Å². The predicted octanol–water partition coefficient (Wildman–Crippen LogP) is 5.65. The summed E-state index contributed by atoms with van der Waals surface area (Å²) in [6, 6.07) is 22.2. The third-order valence-electron chi connectivity index (χ3n) is 7.06. The van der Waals surface area contributed by atoms with Gasteiger partial charge in [-0.1, -0.05) is 81.8 Å². The highest BCUT2D eigenvalue weighted by Gasteiger charge is 2.32. The number of nitrogens with zero attached hydrogens (tertiary/aromatic N) is 2. The van der Waals surface area contributed by atoms with Crippen LogP contribution in [0.4, 0.5) is 5.69 Å². The molecular formula is C32H41N3O4S. The molecule has 7 nitrogen and oxygen atoms in total. The summed E-state index contributed by atoms with van der Waals surface area (Å²) in [5, 5.41) is 2.91. The van der Waals surface area contributed by atoms with Gasteiger partial charge in [0, 0.05) is 13.1 Å². The van der Waals surface area contributed by atoms with Crippen LogP contribution in [0.1, 0.15) is 63.1 Å². The Morgan fingerprint density at radius 1 is 0.875 bits per heavy atom. The topological polar surface area (TPSA) is 86.8 Å². The molecule has 214 valence electrons. The Labute approximate surface area is 239 Å². The standard InChI is InChI=1S/C32H41N3O4S/c1-6-7-21-33-32(37)26(5)34(22-28-14-12-11-13-25(28)4)31(36)23-35(29-19-17-27(18-20-29)24(2)3)40(38,39)30-15-9-8-10-16-30/h8-20,24,26H,6-7,21-23H2,1-5H3,(H,33,37). The van der Waals surface area contributed by atoms with Gasteiger partial charge in [0.25, 0.3) is 10.0 Å². The van der Waals surface area contributed by atoms with E-state index in [0.29, 0.717) is 12.2 Å². The third-order valence-corrected chi connectivity index (χ3v) is 8.84. The first-order valence-electron chi connectivity index (χ1n) is 13.9. The Hall–Kier alpha value is -3.65. The zero-order valence-corrected chi connectivity index (χ0v) is 24.9. The first-order chi connectivity index (χ1) is 19.1. The normalized spacial score (nSPS) is 12.2. The number of sulfonamides is 1. The second-order valence-electron chi connectivity index (χ2n) is 10.3. The number of hydrogen-bond acceptors (Lipinski definition) is 4. The molecule has 1 atom stereocenters. The molecule has 0 aliphatic heterocycles. The van der Waals surface area contributed by atoms with Crippen LogP contribution in [0.3, 0.4) is 0 Å². The van der Waals surface area contributed by atoms with E-state index in [-0.39, 0.29) is 23.3 Å². The van der Waals surface area contributed by atoms with Crippen LogP contribution in [0, 0.1) is 6.92 Å². The number of anilines is 1. The molecule has 0 bridgehead atoms. The molecule has 0 heterocycles. The Bertz CT molecular complexity index is 1370. The van der Waals surface area contributed by atoms with Crippen LogP contribution in [0.25, 0.3) is 0 Å². The molecule has 0 fully saturated rings. The Kier molecular flexibility index (Phi) is 10.9. The van der Waals surface area contributed by atoms with E-state index in [1.54, 1.807) is 37.3 Å². The van der Waals surface area contributed by atoms with Crippen molar-refractivity contribution in [2.75, 3.05) is 17.4 Å². The van der Waals surface area contributed by atoms with Crippen molar-refractivity contribution in [2.24, 2.45) is 0 Å². The minimum absolute atomic E-state index is 0.0894. The number of aryl methyl sites for hydroxylation is 1. The molecule has 1 N–H and O–H groups in total. The van der Waals surface area contributed by atoms with Crippen molar-refractivity contribution in [1.82, 2.24) is 10.2 Å². The number of rotatable bonds is 13. The van der Waals surface area contributed by atoms with Crippen molar-refractivity contribution in [3.05, 3.63) is 95.6 Å². The summed E-state index contributed by atoms with van der Waals surface area (Å²) in [6.45, 7) is 10.1. The fourth-order valence-corrected chi connectivity index (χ4v) is 5.80. The Morgan fingerprint density at radius 2 is 1.50 bits per heavy atom.